The van der Waals surface area contributed by atoms with Crippen molar-refractivity contribution in [3.8, 4) is 0 Å². The molecule has 1 aliphatic rings. The summed E-state index contributed by atoms with van der Waals surface area (Å²) < 4.78 is 13.6. The fourth-order valence-electron chi connectivity index (χ4n) is 2.24. The predicted octanol–water partition coefficient (Wildman–Crippen LogP) is 2.57. The molecule has 1 aromatic carbocycles. The second-order valence-corrected chi connectivity index (χ2v) is 5.50. The molecule has 2 N–H and O–H groups in total. The first-order chi connectivity index (χ1) is 8.97. The lowest BCUT2D eigenvalue weighted by Gasteiger charge is -2.12. The Hall–Kier alpha value is -1.43. The maximum absolute atomic E-state index is 13.3. The van der Waals surface area contributed by atoms with Crippen LogP contribution < -0.4 is 5.32 Å². The number of rotatable bonds is 3. The van der Waals surface area contributed by atoms with Crippen LogP contribution in [-0.2, 0) is 4.79 Å². The molecule has 19 heavy (non-hydrogen) atoms. The molecule has 1 saturated carbocycles. The highest BCUT2D eigenvalue weighted by molar-refractivity contribution is 9.10. The number of nitrogens with one attached hydrogen (secondary N) is 1. The van der Waals surface area contributed by atoms with Gasteiger partial charge in [-0.2, -0.15) is 0 Å². The Kier molecular flexibility index (Phi) is 4.19. The maximum Gasteiger partial charge on any atom is 0.306 e. The predicted molar refractivity (Wildman–Crippen MR) is 70.3 cm³/mol. The van der Waals surface area contributed by atoms with E-state index in [2.05, 4.69) is 21.2 Å². The van der Waals surface area contributed by atoms with Crippen LogP contribution in [0.4, 0.5) is 4.39 Å². The quantitative estimate of drug-likeness (QED) is 0.895. The van der Waals surface area contributed by atoms with E-state index in [1.54, 1.807) is 0 Å². The molecule has 0 aliphatic heterocycles. The Morgan fingerprint density at radius 1 is 1.37 bits per heavy atom. The van der Waals surface area contributed by atoms with E-state index in [9.17, 15) is 14.0 Å². The molecular formula is C13H13BrFNO3. The van der Waals surface area contributed by atoms with E-state index in [1.807, 2.05) is 0 Å². The van der Waals surface area contributed by atoms with Gasteiger partial charge in [-0.15, -0.1) is 0 Å². The Labute approximate surface area is 118 Å². The fraction of sp³-hybridized carbons (Fsp3) is 0.385. The van der Waals surface area contributed by atoms with Crippen LogP contribution in [0.15, 0.2) is 22.7 Å². The molecule has 1 aliphatic carbocycles. The number of carboxylic acid groups (broad SMARTS) is 1. The molecule has 0 saturated heterocycles. The molecule has 6 heteroatoms. The zero-order chi connectivity index (χ0) is 14.0. The molecule has 0 radical (unpaired) electrons. The van der Waals surface area contributed by atoms with Gasteiger partial charge in [0.05, 0.1) is 10.4 Å². The van der Waals surface area contributed by atoms with Crippen molar-refractivity contribution in [1.82, 2.24) is 5.32 Å². The maximum atomic E-state index is 13.3. The number of halogens is 2. The highest BCUT2D eigenvalue weighted by atomic mass is 79.9. The van der Waals surface area contributed by atoms with Crippen molar-refractivity contribution < 1.29 is 19.1 Å². The van der Waals surface area contributed by atoms with Crippen LogP contribution in [-0.4, -0.2) is 23.0 Å². The molecule has 0 heterocycles. The molecule has 102 valence electrons. The van der Waals surface area contributed by atoms with Gasteiger partial charge in [0.2, 0.25) is 0 Å². The molecule has 2 atom stereocenters. The number of carbonyl (C=O) groups is 2. The minimum atomic E-state index is -0.827. The van der Waals surface area contributed by atoms with Crippen LogP contribution >= 0.6 is 15.9 Å². The lowest BCUT2D eigenvalue weighted by molar-refractivity contribution is -0.141. The van der Waals surface area contributed by atoms with Crippen LogP contribution in [0.25, 0.3) is 0 Å². The second kappa shape index (κ2) is 5.69. The van der Waals surface area contributed by atoms with Crippen molar-refractivity contribution in [3.63, 3.8) is 0 Å². The van der Waals surface area contributed by atoms with E-state index in [0.29, 0.717) is 23.7 Å². The van der Waals surface area contributed by atoms with Crippen molar-refractivity contribution in [2.45, 2.75) is 25.3 Å². The van der Waals surface area contributed by atoms with Gasteiger partial charge in [-0.3, -0.25) is 9.59 Å². The smallest absolute Gasteiger partial charge is 0.306 e. The van der Waals surface area contributed by atoms with Crippen molar-refractivity contribution in [2.24, 2.45) is 5.92 Å². The number of hydrogen-bond acceptors (Lipinski definition) is 2. The van der Waals surface area contributed by atoms with Crippen LogP contribution in [0.1, 0.15) is 29.6 Å². The molecular weight excluding hydrogens is 317 g/mol. The highest BCUT2D eigenvalue weighted by Gasteiger charge is 2.30. The second-order valence-electron chi connectivity index (χ2n) is 4.65. The van der Waals surface area contributed by atoms with Crippen molar-refractivity contribution in [2.75, 3.05) is 0 Å². The van der Waals surface area contributed by atoms with Gasteiger partial charge in [0.1, 0.15) is 5.82 Å². The summed E-state index contributed by atoms with van der Waals surface area (Å²) in [5.74, 6) is -2.09. The molecule has 0 spiro atoms. The first-order valence-corrected chi connectivity index (χ1v) is 6.75. The topological polar surface area (TPSA) is 66.4 Å². The van der Waals surface area contributed by atoms with Gasteiger partial charge in [0.25, 0.3) is 5.91 Å². The fourth-order valence-corrected chi connectivity index (χ4v) is 2.49. The summed E-state index contributed by atoms with van der Waals surface area (Å²) in [6, 6.07) is 3.99. The van der Waals surface area contributed by atoms with Gasteiger partial charge < -0.3 is 10.4 Å². The lowest BCUT2D eigenvalue weighted by Crippen LogP contribution is -2.33. The number of carboxylic acids is 1. The molecule has 0 unspecified atom stereocenters. The standard InChI is InChI=1S/C13H13BrFNO3/c14-10-4-2-7(6-11(10)15)12(17)16-9-3-1-8(5-9)13(18)19/h2,4,6,8-9H,1,3,5H2,(H,16,17)(H,18,19)/t8-,9+/m1/s1. The summed E-state index contributed by atoms with van der Waals surface area (Å²) in [7, 11) is 0. The zero-order valence-corrected chi connectivity index (χ0v) is 11.6. The minimum absolute atomic E-state index is 0.152. The molecule has 1 aromatic rings. The summed E-state index contributed by atoms with van der Waals surface area (Å²) >= 11 is 3.02. The Bertz CT molecular complexity index is 521. The van der Waals surface area contributed by atoms with Crippen LogP contribution in [0.5, 0.6) is 0 Å². The normalized spacial score (nSPS) is 22.2. The number of aliphatic carboxylic acids is 1. The Morgan fingerprint density at radius 2 is 2.11 bits per heavy atom. The molecule has 2 rings (SSSR count). The van der Waals surface area contributed by atoms with Gasteiger partial charge in [0, 0.05) is 11.6 Å². The van der Waals surface area contributed by atoms with Crippen LogP contribution in [0.3, 0.4) is 0 Å². The summed E-state index contributed by atoms with van der Waals surface area (Å²) in [5.41, 5.74) is 0.236. The van der Waals surface area contributed by atoms with Gasteiger partial charge in [0.15, 0.2) is 0 Å². The Morgan fingerprint density at radius 3 is 2.68 bits per heavy atom. The van der Waals surface area contributed by atoms with E-state index in [4.69, 9.17) is 5.11 Å². The third kappa shape index (κ3) is 3.32. The van der Waals surface area contributed by atoms with E-state index >= 15 is 0 Å². The largest absolute Gasteiger partial charge is 0.481 e. The van der Waals surface area contributed by atoms with Crippen LogP contribution in [0, 0.1) is 11.7 Å². The summed E-state index contributed by atoms with van der Waals surface area (Å²) in [5, 5.41) is 11.6. The lowest BCUT2D eigenvalue weighted by atomic mass is 10.1. The summed E-state index contributed by atoms with van der Waals surface area (Å²) in [6.45, 7) is 0. The SMILES string of the molecule is O=C(N[C@H]1CC[C@@H](C(=O)O)C1)c1ccc(Br)c(F)c1. The monoisotopic (exact) mass is 329 g/mol. The van der Waals surface area contributed by atoms with Crippen LogP contribution in [0.2, 0.25) is 0 Å². The van der Waals surface area contributed by atoms with Gasteiger partial charge in [-0.05, 0) is 53.4 Å². The van der Waals surface area contributed by atoms with Gasteiger partial charge in [-0.25, -0.2) is 4.39 Å². The molecule has 1 fully saturated rings. The number of carbonyl (C=O) groups excluding carboxylic acids is 1. The number of amides is 1. The zero-order valence-electron chi connectivity index (χ0n) is 10.0. The van der Waals surface area contributed by atoms with Crippen molar-refractivity contribution in [1.29, 1.82) is 0 Å². The van der Waals surface area contributed by atoms with E-state index in [1.165, 1.54) is 12.1 Å². The molecule has 4 nitrogen and oxygen atoms in total. The van der Waals surface area contributed by atoms with Gasteiger partial charge >= 0.3 is 5.97 Å². The molecule has 1 amide bonds. The first-order valence-electron chi connectivity index (χ1n) is 5.96. The highest BCUT2D eigenvalue weighted by Crippen LogP contribution is 2.26. The molecule has 0 aromatic heterocycles. The molecule has 0 bridgehead atoms. The first kappa shape index (κ1) is 14.0. The van der Waals surface area contributed by atoms with E-state index in [-0.39, 0.29) is 17.5 Å². The average Bonchev–Trinajstić information content (AvgIpc) is 2.81. The van der Waals surface area contributed by atoms with Crippen molar-refractivity contribution >= 4 is 27.8 Å². The number of benzene rings is 1. The summed E-state index contributed by atoms with van der Waals surface area (Å²) in [4.78, 5) is 22.7. The van der Waals surface area contributed by atoms with E-state index in [0.717, 1.165) is 6.07 Å². The Balaban J connectivity index is 1.98. The third-order valence-electron chi connectivity index (χ3n) is 3.30. The minimum Gasteiger partial charge on any atom is -0.481 e. The van der Waals surface area contributed by atoms with Crippen molar-refractivity contribution in [3.05, 3.63) is 34.1 Å². The summed E-state index contributed by atoms with van der Waals surface area (Å²) in [6.07, 6.45) is 1.64. The van der Waals surface area contributed by atoms with Gasteiger partial charge in [-0.1, -0.05) is 0 Å². The average molecular weight is 330 g/mol. The third-order valence-corrected chi connectivity index (χ3v) is 3.94. The van der Waals surface area contributed by atoms with E-state index < -0.39 is 17.7 Å². The number of hydrogen-bond donors (Lipinski definition) is 2.